The summed E-state index contributed by atoms with van der Waals surface area (Å²) >= 11 is 0. The van der Waals surface area contributed by atoms with Crippen LogP contribution in [0.4, 0.5) is 0 Å². The first-order valence-electron chi connectivity index (χ1n) is 10.9. The topological polar surface area (TPSA) is 81.6 Å². The lowest BCUT2D eigenvalue weighted by atomic mass is 10.1. The predicted octanol–water partition coefficient (Wildman–Crippen LogP) is 6.27. The number of nitrogens with zero attached hydrogens (tertiary/aromatic N) is 1. The van der Waals surface area contributed by atoms with Crippen molar-refractivity contribution in [3.63, 3.8) is 0 Å². The number of allylic oxidation sites excluding steroid dienone is 2. The van der Waals surface area contributed by atoms with Gasteiger partial charge in [0.25, 0.3) is 5.91 Å². The average molecular weight is 383 g/mol. The van der Waals surface area contributed by atoms with Gasteiger partial charge >= 0.3 is 5.97 Å². The number of carbonyl (C=O) groups excluding carboxylic acids is 2. The third-order valence-corrected chi connectivity index (χ3v) is 4.88. The minimum absolute atomic E-state index is 0. The molecule has 3 N–H and O–H groups in total. The molecule has 1 rings (SSSR count). The van der Waals surface area contributed by atoms with Crippen molar-refractivity contribution in [3.8, 4) is 0 Å². The summed E-state index contributed by atoms with van der Waals surface area (Å²) < 4.78 is 0. The largest absolute Gasteiger partial charge is 0.344 e. The second kappa shape index (κ2) is 18.0. The third-order valence-electron chi connectivity index (χ3n) is 4.88. The molecule has 0 saturated carbocycles. The maximum absolute atomic E-state index is 11.7. The summed E-state index contributed by atoms with van der Waals surface area (Å²) in [4.78, 5) is 28.1. The first-order chi connectivity index (χ1) is 12.7. The van der Waals surface area contributed by atoms with E-state index in [4.69, 9.17) is 4.84 Å². The predicted molar refractivity (Wildman–Crippen MR) is 112 cm³/mol. The lowest BCUT2D eigenvalue weighted by Crippen LogP contribution is -2.28. The molecule has 0 atom stereocenters. The van der Waals surface area contributed by atoms with Gasteiger partial charge in [-0.1, -0.05) is 70.4 Å². The van der Waals surface area contributed by atoms with Crippen molar-refractivity contribution in [3.05, 3.63) is 12.2 Å². The quantitative estimate of drug-likeness (QED) is 0.252. The zero-order valence-corrected chi connectivity index (χ0v) is 17.6. The first kappa shape index (κ1) is 25.6. The SMILES string of the molecule is CCCCCCCC/C=C\CCCCCCCC(=O)ON1CCCC1=O.N. The highest BCUT2D eigenvalue weighted by Crippen LogP contribution is 2.13. The Morgan fingerprint density at radius 3 is 2.04 bits per heavy atom. The molecule has 1 aliphatic heterocycles. The molecule has 0 unspecified atom stereocenters. The minimum Gasteiger partial charge on any atom is -0.344 e. The van der Waals surface area contributed by atoms with Gasteiger partial charge in [0.05, 0.1) is 6.54 Å². The molecule has 1 aliphatic rings. The van der Waals surface area contributed by atoms with Crippen molar-refractivity contribution in [1.29, 1.82) is 0 Å². The third kappa shape index (κ3) is 14.4. The van der Waals surface area contributed by atoms with E-state index in [9.17, 15) is 9.59 Å². The van der Waals surface area contributed by atoms with Crippen LogP contribution in [0.25, 0.3) is 0 Å². The summed E-state index contributed by atoms with van der Waals surface area (Å²) in [6, 6.07) is 0. The second-order valence-electron chi connectivity index (χ2n) is 7.40. The Bertz CT molecular complexity index is 410. The van der Waals surface area contributed by atoms with Crippen LogP contribution in [0.15, 0.2) is 12.2 Å². The molecule has 1 heterocycles. The van der Waals surface area contributed by atoms with E-state index >= 15 is 0 Å². The molecule has 0 aromatic carbocycles. The zero-order valence-electron chi connectivity index (χ0n) is 17.6. The van der Waals surface area contributed by atoms with E-state index in [0.717, 1.165) is 19.3 Å². The minimum atomic E-state index is -0.266. The summed E-state index contributed by atoms with van der Waals surface area (Å²) in [5, 5.41) is 1.22. The number of unbranched alkanes of at least 4 members (excludes halogenated alkanes) is 11. The van der Waals surface area contributed by atoms with E-state index in [0.29, 0.717) is 19.4 Å². The van der Waals surface area contributed by atoms with E-state index in [1.807, 2.05) is 0 Å². The van der Waals surface area contributed by atoms with Crippen molar-refractivity contribution < 1.29 is 14.4 Å². The molecule has 1 fully saturated rings. The number of hydrogen-bond donors (Lipinski definition) is 1. The lowest BCUT2D eigenvalue weighted by molar-refractivity contribution is -0.192. The standard InChI is InChI=1S/C22H39NO3.H3N/c1-2-3-4-5-6-7-8-9-10-11-12-13-14-15-16-19-22(25)26-23-20-17-18-21(23)24;/h9-10H,2-8,11-20H2,1H3;1H3/b10-9-;. The molecular formula is C22H42N2O3. The van der Waals surface area contributed by atoms with Gasteiger partial charge in [-0.2, -0.15) is 5.06 Å². The van der Waals surface area contributed by atoms with Crippen LogP contribution in [0.1, 0.15) is 110 Å². The van der Waals surface area contributed by atoms with Gasteiger partial charge in [-0.3, -0.25) is 4.79 Å². The zero-order chi connectivity index (χ0) is 18.9. The molecule has 5 nitrogen and oxygen atoms in total. The van der Waals surface area contributed by atoms with Crippen LogP contribution in [-0.2, 0) is 14.4 Å². The summed E-state index contributed by atoms with van der Waals surface area (Å²) in [6.45, 7) is 2.81. The molecule has 0 bridgehead atoms. The van der Waals surface area contributed by atoms with Gasteiger partial charge in [0.15, 0.2) is 0 Å². The Kier molecular flexibility index (Phi) is 17.1. The molecule has 5 heteroatoms. The van der Waals surface area contributed by atoms with Gasteiger partial charge in [0.2, 0.25) is 0 Å². The Morgan fingerprint density at radius 1 is 0.926 bits per heavy atom. The number of amides is 1. The van der Waals surface area contributed by atoms with Gasteiger partial charge < -0.3 is 11.0 Å². The van der Waals surface area contributed by atoms with E-state index in [-0.39, 0.29) is 18.0 Å². The summed E-state index contributed by atoms with van der Waals surface area (Å²) in [5.74, 6) is -0.333. The van der Waals surface area contributed by atoms with E-state index < -0.39 is 0 Å². The van der Waals surface area contributed by atoms with Gasteiger partial charge in [-0.15, -0.1) is 0 Å². The van der Waals surface area contributed by atoms with E-state index in [2.05, 4.69) is 19.1 Å². The second-order valence-corrected chi connectivity index (χ2v) is 7.40. The first-order valence-corrected chi connectivity index (χ1v) is 10.9. The Morgan fingerprint density at radius 2 is 1.48 bits per heavy atom. The highest BCUT2D eigenvalue weighted by Gasteiger charge is 2.23. The fraction of sp³-hybridized carbons (Fsp3) is 0.818. The molecule has 158 valence electrons. The van der Waals surface area contributed by atoms with E-state index in [1.165, 1.54) is 75.7 Å². The highest BCUT2D eigenvalue weighted by molar-refractivity contribution is 5.79. The average Bonchev–Trinajstić information content (AvgIpc) is 3.03. The fourth-order valence-corrected chi connectivity index (χ4v) is 3.23. The molecule has 0 radical (unpaired) electrons. The molecule has 1 amide bonds. The van der Waals surface area contributed by atoms with Crippen molar-refractivity contribution >= 4 is 11.9 Å². The van der Waals surface area contributed by atoms with Crippen LogP contribution in [0, 0.1) is 0 Å². The molecular weight excluding hydrogens is 340 g/mol. The van der Waals surface area contributed by atoms with Gasteiger partial charge in [0, 0.05) is 12.8 Å². The van der Waals surface area contributed by atoms with Crippen LogP contribution in [0.3, 0.4) is 0 Å². The lowest BCUT2D eigenvalue weighted by Gasteiger charge is -2.14. The van der Waals surface area contributed by atoms with Gasteiger partial charge in [-0.25, -0.2) is 4.79 Å². The molecule has 0 aliphatic carbocycles. The highest BCUT2D eigenvalue weighted by atomic mass is 16.7. The van der Waals surface area contributed by atoms with Gasteiger partial charge in [-0.05, 0) is 38.5 Å². The van der Waals surface area contributed by atoms with Gasteiger partial charge in [0.1, 0.15) is 0 Å². The summed E-state index contributed by atoms with van der Waals surface area (Å²) in [7, 11) is 0. The maximum atomic E-state index is 11.7. The van der Waals surface area contributed by atoms with Crippen LogP contribution in [-0.4, -0.2) is 23.5 Å². The number of hydrogen-bond acceptors (Lipinski definition) is 4. The van der Waals surface area contributed by atoms with Crippen molar-refractivity contribution in [2.24, 2.45) is 0 Å². The fourth-order valence-electron chi connectivity index (χ4n) is 3.23. The van der Waals surface area contributed by atoms with E-state index in [1.54, 1.807) is 0 Å². The summed E-state index contributed by atoms with van der Waals surface area (Å²) in [5.41, 5.74) is 0. The maximum Gasteiger partial charge on any atom is 0.332 e. The van der Waals surface area contributed by atoms with Crippen molar-refractivity contribution in [2.45, 2.75) is 110 Å². The molecule has 0 aromatic heterocycles. The number of hydroxylamine groups is 2. The monoisotopic (exact) mass is 382 g/mol. The van der Waals surface area contributed by atoms with Crippen LogP contribution >= 0.6 is 0 Å². The van der Waals surface area contributed by atoms with Crippen LogP contribution < -0.4 is 6.15 Å². The van der Waals surface area contributed by atoms with Crippen molar-refractivity contribution in [2.75, 3.05) is 6.54 Å². The van der Waals surface area contributed by atoms with Crippen LogP contribution in [0.5, 0.6) is 0 Å². The Labute approximate surface area is 166 Å². The Balaban J connectivity index is 0.00000676. The van der Waals surface area contributed by atoms with Crippen LogP contribution in [0.2, 0.25) is 0 Å². The molecule has 27 heavy (non-hydrogen) atoms. The molecule has 0 aromatic rings. The smallest absolute Gasteiger partial charge is 0.332 e. The summed E-state index contributed by atoms with van der Waals surface area (Å²) in [6.07, 6.45) is 22.5. The van der Waals surface area contributed by atoms with Crippen molar-refractivity contribution in [1.82, 2.24) is 11.2 Å². The molecule has 1 saturated heterocycles. The Hall–Kier alpha value is -1.36. The number of carbonyl (C=O) groups is 2. The number of rotatable bonds is 16. The normalized spacial score (nSPS) is 14.0. The molecule has 0 spiro atoms.